The van der Waals surface area contributed by atoms with E-state index in [4.69, 9.17) is 0 Å². The van der Waals surface area contributed by atoms with E-state index < -0.39 is 0 Å². The molecule has 2 nitrogen and oxygen atoms in total. The number of nitrogens with zero attached hydrogens (tertiary/aromatic N) is 1. The fraction of sp³-hybridized carbons (Fsp3) is 0.778. The van der Waals surface area contributed by atoms with Gasteiger partial charge in [0.05, 0.1) is 0 Å². The molecule has 2 rings (SSSR count). The van der Waals surface area contributed by atoms with Gasteiger partial charge in [-0.3, -0.25) is 4.90 Å². The van der Waals surface area contributed by atoms with Crippen LogP contribution in [0.1, 0.15) is 13.3 Å². The van der Waals surface area contributed by atoms with Gasteiger partial charge >= 0.3 is 0 Å². The van der Waals surface area contributed by atoms with Gasteiger partial charge in [-0.15, -0.1) is 12.4 Å². The smallest absolute Gasteiger partial charge is 0.0316 e. The summed E-state index contributed by atoms with van der Waals surface area (Å²) in [5, 5.41) is 3.40. The molecule has 0 amide bonds. The Hall–Kier alpha value is -0.0500. The van der Waals surface area contributed by atoms with Crippen LogP contribution in [0, 0.1) is 0 Å². The van der Waals surface area contributed by atoms with Crippen LogP contribution in [0.25, 0.3) is 0 Å². The molecule has 0 radical (unpaired) electrons. The molecule has 2 atom stereocenters. The van der Waals surface area contributed by atoms with E-state index in [0.717, 1.165) is 25.2 Å². The topological polar surface area (TPSA) is 15.3 Å². The fourth-order valence-corrected chi connectivity index (χ4v) is 1.85. The highest BCUT2D eigenvalue weighted by Crippen LogP contribution is 2.19. The zero-order valence-corrected chi connectivity index (χ0v) is 8.31. The second-order valence-corrected chi connectivity index (χ2v) is 3.52. The summed E-state index contributed by atoms with van der Waals surface area (Å²) in [6, 6.07) is 1.48. The predicted molar refractivity (Wildman–Crippen MR) is 53.8 cm³/mol. The van der Waals surface area contributed by atoms with E-state index in [1.807, 2.05) is 0 Å². The van der Waals surface area contributed by atoms with Gasteiger partial charge in [0.25, 0.3) is 0 Å². The first-order valence-corrected chi connectivity index (χ1v) is 4.51. The van der Waals surface area contributed by atoms with E-state index in [-0.39, 0.29) is 12.4 Å². The zero-order valence-electron chi connectivity index (χ0n) is 7.49. The highest BCUT2D eigenvalue weighted by atomic mass is 35.5. The van der Waals surface area contributed by atoms with Crippen LogP contribution >= 0.6 is 12.4 Å². The van der Waals surface area contributed by atoms with Gasteiger partial charge in [0.1, 0.15) is 0 Å². The summed E-state index contributed by atoms with van der Waals surface area (Å²) in [7, 11) is 0. The van der Waals surface area contributed by atoms with E-state index in [0.29, 0.717) is 0 Å². The van der Waals surface area contributed by atoms with Gasteiger partial charge in [-0.2, -0.15) is 0 Å². The Balaban J connectivity index is 0.000000720. The van der Waals surface area contributed by atoms with Gasteiger partial charge in [0, 0.05) is 31.7 Å². The summed E-state index contributed by atoms with van der Waals surface area (Å²) in [6.07, 6.45) is 5.85. The van der Waals surface area contributed by atoms with Crippen molar-refractivity contribution in [2.24, 2.45) is 0 Å². The second-order valence-electron chi connectivity index (χ2n) is 3.52. The molecule has 0 saturated carbocycles. The van der Waals surface area contributed by atoms with Crippen LogP contribution in [0.4, 0.5) is 0 Å². The molecular formula is C9H17ClN2. The molecule has 0 aromatic heterocycles. The van der Waals surface area contributed by atoms with Crippen LogP contribution in [0.3, 0.4) is 0 Å². The summed E-state index contributed by atoms with van der Waals surface area (Å²) >= 11 is 0. The monoisotopic (exact) mass is 188 g/mol. The number of hydrogen-bond donors (Lipinski definition) is 1. The van der Waals surface area contributed by atoms with Gasteiger partial charge in [0.2, 0.25) is 0 Å². The molecule has 2 aliphatic rings. The quantitative estimate of drug-likeness (QED) is 0.619. The van der Waals surface area contributed by atoms with E-state index in [1.54, 1.807) is 0 Å². The molecule has 12 heavy (non-hydrogen) atoms. The number of piperazine rings is 1. The summed E-state index contributed by atoms with van der Waals surface area (Å²) in [5.41, 5.74) is 0. The van der Waals surface area contributed by atoms with Crippen LogP contribution in [0.5, 0.6) is 0 Å². The lowest BCUT2D eigenvalue weighted by atomic mass is 9.99. The van der Waals surface area contributed by atoms with E-state index in [9.17, 15) is 0 Å². The van der Waals surface area contributed by atoms with E-state index in [2.05, 4.69) is 29.3 Å². The summed E-state index contributed by atoms with van der Waals surface area (Å²) in [5.74, 6) is 0. The van der Waals surface area contributed by atoms with Crippen LogP contribution in [0.2, 0.25) is 0 Å². The molecule has 1 aliphatic heterocycles. The Morgan fingerprint density at radius 1 is 1.50 bits per heavy atom. The summed E-state index contributed by atoms with van der Waals surface area (Å²) in [4.78, 5) is 2.59. The van der Waals surface area contributed by atoms with Crippen molar-refractivity contribution in [1.29, 1.82) is 0 Å². The molecule has 1 saturated heterocycles. The first-order valence-electron chi connectivity index (χ1n) is 4.51. The molecule has 0 aromatic rings. The Morgan fingerprint density at radius 2 is 2.25 bits per heavy atom. The lowest BCUT2D eigenvalue weighted by molar-refractivity contribution is 0.133. The molecule has 0 aromatic carbocycles. The summed E-state index contributed by atoms with van der Waals surface area (Å²) < 4.78 is 0. The molecule has 1 N–H and O–H groups in total. The van der Waals surface area contributed by atoms with Crippen molar-refractivity contribution in [1.82, 2.24) is 10.2 Å². The first kappa shape index (κ1) is 10.0. The average molecular weight is 189 g/mol. The third kappa shape index (κ3) is 1.82. The molecular weight excluding hydrogens is 172 g/mol. The number of rotatable bonds is 1. The van der Waals surface area contributed by atoms with E-state index >= 15 is 0 Å². The molecule has 0 bridgehead atoms. The third-order valence-corrected chi connectivity index (χ3v) is 2.71. The number of halogens is 1. The average Bonchev–Trinajstić information content (AvgIpc) is 1.90. The largest absolute Gasteiger partial charge is 0.314 e. The minimum atomic E-state index is 0. The van der Waals surface area contributed by atoms with Crippen molar-refractivity contribution < 1.29 is 0 Å². The second kappa shape index (κ2) is 4.26. The Kier molecular flexibility index (Phi) is 3.56. The van der Waals surface area contributed by atoms with Crippen LogP contribution < -0.4 is 5.32 Å². The number of hydrogen-bond acceptors (Lipinski definition) is 2. The Labute approximate surface area is 80.4 Å². The Morgan fingerprint density at radius 3 is 2.75 bits per heavy atom. The molecule has 1 fully saturated rings. The molecule has 1 aliphatic carbocycles. The lowest BCUT2D eigenvalue weighted by Crippen LogP contribution is -2.54. The predicted octanol–water partition coefficient (Wildman–Crippen LogP) is 1.03. The van der Waals surface area contributed by atoms with Gasteiger partial charge in [-0.05, 0) is 13.3 Å². The van der Waals surface area contributed by atoms with Crippen molar-refractivity contribution in [3.05, 3.63) is 12.2 Å². The number of nitrogens with one attached hydrogen (secondary N) is 1. The summed E-state index contributed by atoms with van der Waals surface area (Å²) in [6.45, 7) is 5.84. The molecule has 3 heteroatoms. The Bertz CT molecular complexity index is 170. The highest BCUT2D eigenvalue weighted by Gasteiger charge is 2.25. The van der Waals surface area contributed by atoms with Crippen molar-refractivity contribution in [2.75, 3.05) is 19.6 Å². The van der Waals surface area contributed by atoms with Crippen molar-refractivity contribution in [3.63, 3.8) is 0 Å². The van der Waals surface area contributed by atoms with Crippen molar-refractivity contribution >= 4 is 12.4 Å². The molecule has 70 valence electrons. The minimum Gasteiger partial charge on any atom is -0.314 e. The fourth-order valence-electron chi connectivity index (χ4n) is 1.85. The third-order valence-electron chi connectivity index (χ3n) is 2.71. The SMILES string of the molecule is C[C@H]1CNCCN1C1C=CC1.Cl. The highest BCUT2D eigenvalue weighted by molar-refractivity contribution is 5.85. The molecule has 1 heterocycles. The normalized spacial score (nSPS) is 35.4. The van der Waals surface area contributed by atoms with Gasteiger partial charge in [-0.1, -0.05) is 12.2 Å². The maximum Gasteiger partial charge on any atom is 0.0316 e. The van der Waals surface area contributed by atoms with Crippen molar-refractivity contribution in [3.8, 4) is 0 Å². The zero-order chi connectivity index (χ0) is 7.68. The first-order chi connectivity index (χ1) is 5.38. The van der Waals surface area contributed by atoms with Crippen LogP contribution in [-0.4, -0.2) is 36.6 Å². The lowest BCUT2D eigenvalue weighted by Gasteiger charge is -2.40. The molecule has 1 unspecified atom stereocenters. The van der Waals surface area contributed by atoms with E-state index in [1.165, 1.54) is 13.0 Å². The van der Waals surface area contributed by atoms with Gasteiger partial charge in [-0.25, -0.2) is 0 Å². The maximum atomic E-state index is 3.40. The standard InChI is InChI=1S/C9H16N2.ClH/c1-8-7-10-5-6-11(8)9-3-2-4-9;/h2-3,8-10H,4-7H2,1H3;1H/t8-,9?;/m0./s1. The minimum absolute atomic E-state index is 0. The van der Waals surface area contributed by atoms with Gasteiger partial charge < -0.3 is 5.32 Å². The van der Waals surface area contributed by atoms with Gasteiger partial charge in [0.15, 0.2) is 0 Å². The van der Waals surface area contributed by atoms with Crippen LogP contribution in [0.15, 0.2) is 12.2 Å². The molecule has 0 spiro atoms. The maximum absolute atomic E-state index is 3.40. The van der Waals surface area contributed by atoms with Crippen LogP contribution in [-0.2, 0) is 0 Å². The van der Waals surface area contributed by atoms with Crippen molar-refractivity contribution in [2.45, 2.75) is 25.4 Å².